The lowest BCUT2D eigenvalue weighted by atomic mass is 10.2. The molecule has 39 heavy (non-hydrogen) atoms. The van der Waals surface area contributed by atoms with Gasteiger partial charge in [0.25, 0.3) is 10.0 Å². The number of halogens is 5. The van der Waals surface area contributed by atoms with E-state index in [4.69, 9.17) is 27.9 Å². The van der Waals surface area contributed by atoms with E-state index in [9.17, 15) is 26.4 Å². The summed E-state index contributed by atoms with van der Waals surface area (Å²) in [6.07, 6.45) is -0.604. The standard InChI is InChI=1S/C26H22Cl2F3N3O4S/c1-2-3-11-38-24(35)16-34(39(36,37)21-14-18(27)13-19(28)15-21)20-6-7-23-17(12-20)8-10-33(23)25-22(26(29,30)31)5-4-9-32-25/h4-10,12-15H,2-3,11,16H2,1H3. The van der Waals surface area contributed by atoms with Crippen LogP contribution in [0.3, 0.4) is 0 Å². The van der Waals surface area contributed by atoms with Crippen molar-refractivity contribution >= 4 is 55.8 Å². The Kier molecular flexibility index (Phi) is 8.43. The normalized spacial score (nSPS) is 12.1. The summed E-state index contributed by atoms with van der Waals surface area (Å²) in [5.74, 6) is -1.11. The first-order valence-corrected chi connectivity index (χ1v) is 13.9. The number of anilines is 1. The summed E-state index contributed by atoms with van der Waals surface area (Å²) in [5, 5.41) is 0.569. The van der Waals surface area contributed by atoms with E-state index in [0.29, 0.717) is 17.3 Å². The van der Waals surface area contributed by atoms with Gasteiger partial charge in [-0.2, -0.15) is 13.2 Å². The molecule has 2 aromatic carbocycles. The topological polar surface area (TPSA) is 81.5 Å². The zero-order valence-electron chi connectivity index (χ0n) is 20.5. The molecule has 0 radical (unpaired) electrons. The fourth-order valence-electron chi connectivity index (χ4n) is 3.89. The Labute approximate surface area is 232 Å². The molecule has 2 aromatic heterocycles. The van der Waals surface area contributed by atoms with E-state index in [2.05, 4.69) is 4.98 Å². The van der Waals surface area contributed by atoms with E-state index in [1.807, 2.05) is 6.92 Å². The van der Waals surface area contributed by atoms with Crippen LogP contribution >= 0.6 is 23.2 Å². The summed E-state index contributed by atoms with van der Waals surface area (Å²) < 4.78 is 75.5. The minimum absolute atomic E-state index is 0.0786. The first-order valence-electron chi connectivity index (χ1n) is 11.7. The van der Waals surface area contributed by atoms with Gasteiger partial charge in [-0.25, -0.2) is 13.4 Å². The van der Waals surface area contributed by atoms with Crippen LogP contribution in [0.1, 0.15) is 25.3 Å². The van der Waals surface area contributed by atoms with Crippen molar-refractivity contribution in [1.82, 2.24) is 9.55 Å². The van der Waals surface area contributed by atoms with Gasteiger partial charge in [-0.05, 0) is 61.0 Å². The molecule has 13 heteroatoms. The van der Waals surface area contributed by atoms with Crippen LogP contribution in [-0.4, -0.2) is 37.1 Å². The Hall–Kier alpha value is -3.28. The molecule has 0 saturated heterocycles. The average molecular weight is 600 g/mol. The van der Waals surface area contributed by atoms with E-state index >= 15 is 0 Å². The van der Waals surface area contributed by atoms with Gasteiger partial charge < -0.3 is 9.30 Å². The fourth-order valence-corrected chi connectivity index (χ4v) is 6.02. The summed E-state index contributed by atoms with van der Waals surface area (Å²) in [7, 11) is -4.37. The van der Waals surface area contributed by atoms with Crippen LogP contribution in [0.5, 0.6) is 0 Å². The number of fused-ring (bicyclic) bond motifs is 1. The number of alkyl halides is 3. The maximum Gasteiger partial charge on any atom is 0.419 e. The smallest absolute Gasteiger partial charge is 0.419 e. The fraction of sp³-hybridized carbons (Fsp3) is 0.231. The highest BCUT2D eigenvalue weighted by Crippen LogP contribution is 2.35. The third-order valence-electron chi connectivity index (χ3n) is 5.74. The second kappa shape index (κ2) is 11.4. The molecule has 0 saturated carbocycles. The molecule has 4 aromatic rings. The number of unbranched alkanes of at least 4 members (excludes halogenated alkanes) is 1. The lowest BCUT2D eigenvalue weighted by Crippen LogP contribution is -2.36. The molecule has 4 rings (SSSR count). The van der Waals surface area contributed by atoms with Crippen LogP contribution in [0.2, 0.25) is 10.0 Å². The number of benzene rings is 2. The number of sulfonamides is 1. The van der Waals surface area contributed by atoms with E-state index in [-0.39, 0.29) is 33.1 Å². The number of carbonyl (C=O) groups excluding carboxylic acids is 1. The summed E-state index contributed by atoms with van der Waals surface area (Å²) in [6, 6.07) is 11.7. The number of pyridine rings is 1. The zero-order valence-corrected chi connectivity index (χ0v) is 22.8. The Morgan fingerprint density at radius 1 is 1.08 bits per heavy atom. The minimum Gasteiger partial charge on any atom is -0.464 e. The molecule has 206 valence electrons. The third kappa shape index (κ3) is 6.32. The van der Waals surface area contributed by atoms with Crippen LogP contribution in [0, 0.1) is 0 Å². The van der Waals surface area contributed by atoms with Crippen LogP contribution < -0.4 is 4.31 Å². The number of carbonyl (C=O) groups is 1. The Morgan fingerprint density at radius 3 is 2.46 bits per heavy atom. The molecular formula is C26H22Cl2F3N3O4S. The van der Waals surface area contributed by atoms with Crippen molar-refractivity contribution in [3.8, 4) is 5.82 Å². The predicted octanol–water partition coefficient (Wildman–Crippen LogP) is 6.89. The highest BCUT2D eigenvalue weighted by molar-refractivity contribution is 7.92. The predicted molar refractivity (Wildman–Crippen MR) is 143 cm³/mol. The van der Waals surface area contributed by atoms with E-state index in [1.165, 1.54) is 65.5 Å². The largest absolute Gasteiger partial charge is 0.464 e. The quantitative estimate of drug-likeness (QED) is 0.154. The number of esters is 1. The number of aromatic nitrogens is 2. The van der Waals surface area contributed by atoms with E-state index in [1.54, 1.807) is 0 Å². The van der Waals surface area contributed by atoms with E-state index in [0.717, 1.165) is 16.8 Å². The summed E-state index contributed by atoms with van der Waals surface area (Å²) >= 11 is 12.1. The summed E-state index contributed by atoms with van der Waals surface area (Å²) in [5.41, 5.74) is -0.499. The van der Waals surface area contributed by atoms with Gasteiger partial charge in [0.15, 0.2) is 0 Å². The molecule has 0 aliphatic heterocycles. The zero-order chi connectivity index (χ0) is 28.4. The van der Waals surface area contributed by atoms with Crippen molar-refractivity contribution in [2.75, 3.05) is 17.5 Å². The molecule has 0 atom stereocenters. The molecule has 0 amide bonds. The van der Waals surface area contributed by atoms with Gasteiger partial charge >= 0.3 is 12.1 Å². The van der Waals surface area contributed by atoms with Crippen LogP contribution in [0.15, 0.2) is 71.9 Å². The molecule has 2 heterocycles. The molecule has 0 aliphatic rings. The van der Waals surface area contributed by atoms with Crippen LogP contribution in [0.25, 0.3) is 16.7 Å². The Balaban J connectivity index is 1.80. The minimum atomic E-state index is -4.64. The van der Waals surface area contributed by atoms with Crippen molar-refractivity contribution in [3.05, 3.63) is 82.6 Å². The highest BCUT2D eigenvalue weighted by Gasteiger charge is 2.35. The number of rotatable bonds is 9. The molecule has 0 aliphatic carbocycles. The van der Waals surface area contributed by atoms with Gasteiger partial charge in [0.05, 0.1) is 28.3 Å². The lowest BCUT2D eigenvalue weighted by Gasteiger charge is -2.24. The monoisotopic (exact) mass is 599 g/mol. The molecule has 0 bridgehead atoms. The van der Waals surface area contributed by atoms with Gasteiger partial charge in [0.2, 0.25) is 0 Å². The van der Waals surface area contributed by atoms with Gasteiger partial charge in [-0.15, -0.1) is 0 Å². The van der Waals surface area contributed by atoms with Gasteiger partial charge in [0.1, 0.15) is 12.4 Å². The summed E-state index contributed by atoms with van der Waals surface area (Å²) in [4.78, 5) is 16.3. The molecule has 0 N–H and O–H groups in total. The van der Waals surface area contributed by atoms with Crippen molar-refractivity contribution in [1.29, 1.82) is 0 Å². The van der Waals surface area contributed by atoms with Crippen molar-refractivity contribution in [3.63, 3.8) is 0 Å². The molecule has 0 fully saturated rings. The van der Waals surface area contributed by atoms with E-state index < -0.39 is 34.3 Å². The first kappa shape index (κ1) is 28.7. The number of nitrogens with zero attached hydrogens (tertiary/aromatic N) is 3. The molecular weight excluding hydrogens is 578 g/mol. The lowest BCUT2D eigenvalue weighted by molar-refractivity contribution is -0.142. The SMILES string of the molecule is CCCCOC(=O)CN(c1ccc2c(ccn2-c2ncccc2C(F)(F)F)c1)S(=O)(=O)c1cc(Cl)cc(Cl)c1. The van der Waals surface area contributed by atoms with Crippen molar-refractivity contribution in [2.24, 2.45) is 0 Å². The van der Waals surface area contributed by atoms with Crippen molar-refractivity contribution in [2.45, 2.75) is 30.8 Å². The summed E-state index contributed by atoms with van der Waals surface area (Å²) in [6.45, 7) is 1.39. The molecule has 0 spiro atoms. The van der Waals surface area contributed by atoms with Crippen molar-refractivity contribution < 1.29 is 31.1 Å². The Morgan fingerprint density at radius 2 is 1.79 bits per heavy atom. The number of ether oxygens (including phenoxy) is 1. The average Bonchev–Trinajstić information content (AvgIpc) is 3.29. The third-order valence-corrected chi connectivity index (χ3v) is 7.93. The van der Waals surface area contributed by atoms with Crippen LogP contribution in [-0.2, 0) is 25.7 Å². The van der Waals surface area contributed by atoms with Gasteiger partial charge in [-0.3, -0.25) is 9.10 Å². The Bertz CT molecular complexity index is 1600. The maximum atomic E-state index is 13.7. The maximum absolute atomic E-state index is 13.7. The highest BCUT2D eigenvalue weighted by atomic mass is 35.5. The first-order chi connectivity index (χ1) is 18.4. The second-order valence-corrected chi connectivity index (χ2v) is 11.2. The number of hydrogen-bond acceptors (Lipinski definition) is 5. The molecule has 0 unspecified atom stereocenters. The second-order valence-electron chi connectivity index (χ2n) is 8.49. The number of hydrogen-bond donors (Lipinski definition) is 0. The van der Waals surface area contributed by atoms with Gasteiger partial charge in [0, 0.05) is 27.8 Å². The van der Waals surface area contributed by atoms with Crippen LogP contribution in [0.4, 0.5) is 18.9 Å². The van der Waals surface area contributed by atoms with Gasteiger partial charge in [-0.1, -0.05) is 36.5 Å². The molecule has 7 nitrogen and oxygen atoms in total.